The molecule has 0 aliphatic rings. The Morgan fingerprint density at radius 2 is 1.27 bits per heavy atom. The SMILES string of the molecule is CCCCCCCCCCCCc1cc(-n2nc3ccccc3n2)cc(C(C)(C)c2ccccc2O)c1. The van der Waals surface area contributed by atoms with E-state index in [1.54, 1.807) is 10.9 Å². The number of aromatic nitrogens is 3. The Morgan fingerprint density at radius 3 is 1.89 bits per heavy atom. The van der Waals surface area contributed by atoms with E-state index in [4.69, 9.17) is 10.2 Å². The van der Waals surface area contributed by atoms with Gasteiger partial charge in [-0.15, -0.1) is 10.2 Å². The lowest BCUT2D eigenvalue weighted by atomic mass is 9.77. The van der Waals surface area contributed by atoms with Crippen LogP contribution in [0.3, 0.4) is 0 Å². The minimum absolute atomic E-state index is 0.331. The van der Waals surface area contributed by atoms with E-state index in [0.717, 1.165) is 34.3 Å². The molecule has 0 saturated heterocycles. The van der Waals surface area contributed by atoms with E-state index in [9.17, 15) is 5.11 Å². The summed E-state index contributed by atoms with van der Waals surface area (Å²) in [5.74, 6) is 0.331. The lowest BCUT2D eigenvalue weighted by molar-refractivity contribution is 0.453. The highest BCUT2D eigenvalue weighted by Gasteiger charge is 2.27. The van der Waals surface area contributed by atoms with E-state index in [1.807, 2.05) is 42.5 Å². The Labute approximate surface area is 222 Å². The van der Waals surface area contributed by atoms with Crippen molar-refractivity contribution in [3.8, 4) is 11.4 Å². The standard InChI is InChI=1S/C33H43N3O/c1-4-5-6-7-8-9-10-11-12-13-18-26-23-27(33(2,3)29-19-14-17-22-32(29)37)25-28(24-26)36-34-30-20-15-16-21-31(30)35-36/h14-17,19-25,37H,4-13,18H2,1-3H3. The molecule has 4 rings (SSSR count). The Balaban J connectivity index is 1.50. The Hall–Kier alpha value is -3.14. The van der Waals surface area contributed by atoms with Crippen LogP contribution in [0, 0.1) is 0 Å². The first-order chi connectivity index (χ1) is 18.0. The Kier molecular flexibility index (Phi) is 9.38. The summed E-state index contributed by atoms with van der Waals surface area (Å²) >= 11 is 0. The van der Waals surface area contributed by atoms with E-state index in [1.165, 1.54) is 69.8 Å². The third-order valence-electron chi connectivity index (χ3n) is 7.61. The van der Waals surface area contributed by atoms with Crippen LogP contribution in [0.1, 0.15) is 102 Å². The number of para-hydroxylation sites is 1. The summed E-state index contributed by atoms with van der Waals surface area (Å²) in [6.07, 6.45) is 14.4. The van der Waals surface area contributed by atoms with Crippen LogP contribution in [-0.4, -0.2) is 20.1 Å². The van der Waals surface area contributed by atoms with Gasteiger partial charge < -0.3 is 5.11 Å². The van der Waals surface area contributed by atoms with Gasteiger partial charge in [0.2, 0.25) is 0 Å². The maximum absolute atomic E-state index is 10.6. The predicted octanol–water partition coefficient (Wildman–Crippen LogP) is 8.92. The molecule has 1 heterocycles. The molecule has 0 bridgehead atoms. The zero-order valence-electron chi connectivity index (χ0n) is 22.9. The lowest BCUT2D eigenvalue weighted by Gasteiger charge is -2.28. The number of benzene rings is 3. The second kappa shape index (κ2) is 12.9. The number of unbranched alkanes of at least 4 members (excludes halogenated alkanes) is 9. The number of fused-ring (bicyclic) bond motifs is 1. The van der Waals surface area contributed by atoms with Gasteiger partial charge in [0.25, 0.3) is 0 Å². The minimum atomic E-state index is -0.361. The monoisotopic (exact) mass is 497 g/mol. The summed E-state index contributed by atoms with van der Waals surface area (Å²) in [6, 6.07) is 22.4. The van der Waals surface area contributed by atoms with Crippen molar-refractivity contribution in [1.82, 2.24) is 15.0 Å². The zero-order valence-corrected chi connectivity index (χ0v) is 22.9. The van der Waals surface area contributed by atoms with Crippen LogP contribution >= 0.6 is 0 Å². The highest BCUT2D eigenvalue weighted by Crippen LogP contribution is 2.38. The molecule has 0 saturated carbocycles. The van der Waals surface area contributed by atoms with Crippen molar-refractivity contribution in [3.63, 3.8) is 0 Å². The fourth-order valence-corrected chi connectivity index (χ4v) is 5.24. The average molecular weight is 498 g/mol. The molecule has 37 heavy (non-hydrogen) atoms. The first-order valence-electron chi connectivity index (χ1n) is 14.2. The number of phenolic OH excluding ortho intramolecular Hbond substituents is 1. The topological polar surface area (TPSA) is 50.9 Å². The third-order valence-corrected chi connectivity index (χ3v) is 7.61. The average Bonchev–Trinajstić information content (AvgIpc) is 3.34. The maximum atomic E-state index is 10.6. The van der Waals surface area contributed by atoms with Crippen molar-refractivity contribution in [2.75, 3.05) is 0 Å². The van der Waals surface area contributed by atoms with Crippen LogP contribution in [0.15, 0.2) is 66.7 Å². The summed E-state index contributed by atoms with van der Waals surface area (Å²) in [7, 11) is 0. The van der Waals surface area contributed by atoms with Gasteiger partial charge in [-0.3, -0.25) is 0 Å². The van der Waals surface area contributed by atoms with Gasteiger partial charge in [-0.2, -0.15) is 4.80 Å². The van der Waals surface area contributed by atoms with Crippen molar-refractivity contribution in [2.45, 2.75) is 96.8 Å². The number of hydrogen-bond donors (Lipinski definition) is 1. The molecule has 0 unspecified atom stereocenters. The van der Waals surface area contributed by atoms with E-state index < -0.39 is 0 Å². The first-order valence-corrected chi connectivity index (χ1v) is 14.2. The molecule has 4 aromatic rings. The smallest absolute Gasteiger partial charge is 0.119 e. The van der Waals surface area contributed by atoms with E-state index in [2.05, 4.69) is 39.0 Å². The van der Waals surface area contributed by atoms with Crippen LogP contribution < -0.4 is 0 Å². The van der Waals surface area contributed by atoms with Crippen LogP contribution in [-0.2, 0) is 11.8 Å². The van der Waals surface area contributed by atoms with Gasteiger partial charge in [0.1, 0.15) is 16.8 Å². The second-order valence-electron chi connectivity index (χ2n) is 10.9. The predicted molar refractivity (Wildman–Crippen MR) is 155 cm³/mol. The highest BCUT2D eigenvalue weighted by atomic mass is 16.3. The molecular formula is C33H43N3O. The quantitative estimate of drug-likeness (QED) is 0.177. The molecule has 3 aromatic carbocycles. The molecule has 1 aromatic heterocycles. The molecule has 0 aliphatic carbocycles. The molecule has 0 amide bonds. The molecule has 4 heteroatoms. The number of nitrogens with zero attached hydrogens (tertiary/aromatic N) is 3. The van der Waals surface area contributed by atoms with Crippen LogP contribution in [0.5, 0.6) is 5.75 Å². The first kappa shape index (κ1) is 26.9. The lowest BCUT2D eigenvalue weighted by Crippen LogP contribution is -2.20. The largest absolute Gasteiger partial charge is 0.508 e. The van der Waals surface area contributed by atoms with E-state index in [-0.39, 0.29) is 5.41 Å². The van der Waals surface area contributed by atoms with Crippen molar-refractivity contribution in [1.29, 1.82) is 0 Å². The van der Waals surface area contributed by atoms with Crippen molar-refractivity contribution >= 4 is 11.0 Å². The van der Waals surface area contributed by atoms with Gasteiger partial charge in [0, 0.05) is 11.0 Å². The van der Waals surface area contributed by atoms with E-state index >= 15 is 0 Å². The van der Waals surface area contributed by atoms with Gasteiger partial charge in [-0.25, -0.2) is 0 Å². The third kappa shape index (κ3) is 7.00. The molecule has 0 radical (unpaired) electrons. The number of aromatic hydroxyl groups is 1. The van der Waals surface area contributed by atoms with E-state index in [0.29, 0.717) is 5.75 Å². The van der Waals surface area contributed by atoms with Gasteiger partial charge >= 0.3 is 0 Å². The highest BCUT2D eigenvalue weighted by molar-refractivity contribution is 5.73. The van der Waals surface area contributed by atoms with Gasteiger partial charge in [0.05, 0.1) is 5.69 Å². The number of hydrogen-bond acceptors (Lipinski definition) is 3. The van der Waals surface area contributed by atoms with Crippen molar-refractivity contribution < 1.29 is 5.11 Å². The molecule has 4 nitrogen and oxygen atoms in total. The summed E-state index contributed by atoms with van der Waals surface area (Å²) in [4.78, 5) is 1.76. The minimum Gasteiger partial charge on any atom is -0.508 e. The summed E-state index contributed by atoms with van der Waals surface area (Å²) in [5, 5.41) is 20.1. The molecule has 0 spiro atoms. The summed E-state index contributed by atoms with van der Waals surface area (Å²) in [5.41, 5.74) is 5.79. The molecule has 1 N–H and O–H groups in total. The number of rotatable bonds is 14. The Morgan fingerprint density at radius 1 is 0.703 bits per heavy atom. The second-order valence-corrected chi connectivity index (χ2v) is 10.9. The number of phenols is 1. The zero-order chi connectivity index (χ0) is 26.1. The summed E-state index contributed by atoms with van der Waals surface area (Å²) < 4.78 is 0. The van der Waals surface area contributed by atoms with Gasteiger partial charge in [0.15, 0.2) is 0 Å². The van der Waals surface area contributed by atoms with Crippen LogP contribution in [0.4, 0.5) is 0 Å². The van der Waals surface area contributed by atoms with Gasteiger partial charge in [-0.1, -0.05) is 115 Å². The maximum Gasteiger partial charge on any atom is 0.119 e. The molecular weight excluding hydrogens is 454 g/mol. The normalized spacial score (nSPS) is 11.9. The molecule has 0 atom stereocenters. The summed E-state index contributed by atoms with van der Waals surface area (Å²) in [6.45, 7) is 6.63. The van der Waals surface area contributed by atoms with Crippen LogP contribution in [0.2, 0.25) is 0 Å². The molecule has 196 valence electrons. The number of aryl methyl sites for hydroxylation is 1. The Bertz CT molecular complexity index is 1240. The fourth-order valence-electron chi connectivity index (χ4n) is 5.24. The fraction of sp³-hybridized carbons (Fsp3) is 0.455. The van der Waals surface area contributed by atoms with Gasteiger partial charge in [-0.05, 0) is 54.3 Å². The van der Waals surface area contributed by atoms with Crippen molar-refractivity contribution in [2.24, 2.45) is 0 Å². The molecule has 0 aliphatic heterocycles. The van der Waals surface area contributed by atoms with Crippen molar-refractivity contribution in [3.05, 3.63) is 83.4 Å². The molecule has 0 fully saturated rings. The van der Waals surface area contributed by atoms with Crippen LogP contribution in [0.25, 0.3) is 16.7 Å².